The maximum Gasteiger partial charge on any atom is 0.255 e. The molecule has 3 aromatic carbocycles. The molecule has 33 heavy (non-hydrogen) atoms. The number of unbranched alkanes of at least 4 members (excludes halogenated alkanes) is 1. The minimum absolute atomic E-state index is 0.165. The molecule has 0 spiro atoms. The molecule has 1 aromatic heterocycles. The van der Waals surface area contributed by atoms with Crippen molar-refractivity contribution in [2.24, 2.45) is 0 Å². The first-order valence-electron chi connectivity index (χ1n) is 11.6. The highest BCUT2D eigenvalue weighted by atomic mass is 16.5. The van der Waals surface area contributed by atoms with Crippen molar-refractivity contribution in [1.29, 1.82) is 0 Å². The molecule has 0 saturated carbocycles. The van der Waals surface area contributed by atoms with Gasteiger partial charge in [0.15, 0.2) is 5.58 Å². The number of ether oxygens (including phenoxy) is 1. The number of amides is 1. The minimum Gasteiger partial charge on any atom is -0.494 e. The fraction of sp³-hybridized carbons (Fsp3) is 0.286. The molecule has 170 valence electrons. The Morgan fingerprint density at radius 1 is 1.03 bits per heavy atom. The quantitative estimate of drug-likeness (QED) is 0.274. The Hall–Kier alpha value is -3.60. The van der Waals surface area contributed by atoms with Gasteiger partial charge in [-0.1, -0.05) is 33.3 Å². The SMILES string of the molecule is CCCCOc1ccc(C(=O)Nc2ccc(-c3nc4cc([C@@H](C)CC)ccc4o3)cc2)cc1. The lowest BCUT2D eigenvalue weighted by molar-refractivity contribution is 0.102. The van der Waals surface area contributed by atoms with Crippen LogP contribution in [0.25, 0.3) is 22.6 Å². The van der Waals surface area contributed by atoms with Crippen LogP contribution in [0, 0.1) is 0 Å². The van der Waals surface area contributed by atoms with Gasteiger partial charge in [0, 0.05) is 16.8 Å². The predicted octanol–water partition coefficient (Wildman–Crippen LogP) is 7.44. The van der Waals surface area contributed by atoms with Crippen molar-refractivity contribution in [1.82, 2.24) is 4.98 Å². The van der Waals surface area contributed by atoms with E-state index >= 15 is 0 Å². The van der Waals surface area contributed by atoms with E-state index in [1.807, 2.05) is 42.5 Å². The number of nitrogens with one attached hydrogen (secondary N) is 1. The average Bonchev–Trinajstić information content (AvgIpc) is 3.28. The molecule has 1 N–H and O–H groups in total. The molecule has 1 atom stereocenters. The van der Waals surface area contributed by atoms with Gasteiger partial charge < -0.3 is 14.5 Å². The van der Waals surface area contributed by atoms with E-state index in [-0.39, 0.29) is 5.91 Å². The van der Waals surface area contributed by atoms with Crippen LogP contribution in [0.5, 0.6) is 5.75 Å². The lowest BCUT2D eigenvalue weighted by atomic mass is 9.98. The summed E-state index contributed by atoms with van der Waals surface area (Å²) in [5, 5.41) is 2.93. The zero-order valence-electron chi connectivity index (χ0n) is 19.4. The highest BCUT2D eigenvalue weighted by molar-refractivity contribution is 6.04. The molecule has 0 fully saturated rings. The third-order valence-corrected chi connectivity index (χ3v) is 5.87. The van der Waals surface area contributed by atoms with Crippen molar-refractivity contribution in [2.45, 2.75) is 46.0 Å². The molecule has 1 amide bonds. The Bertz CT molecular complexity index is 1210. The van der Waals surface area contributed by atoms with Gasteiger partial charge in [0.2, 0.25) is 5.89 Å². The van der Waals surface area contributed by atoms with E-state index in [2.05, 4.69) is 43.2 Å². The second kappa shape index (κ2) is 10.3. The summed E-state index contributed by atoms with van der Waals surface area (Å²) < 4.78 is 11.6. The second-order valence-corrected chi connectivity index (χ2v) is 8.31. The number of hydrogen-bond donors (Lipinski definition) is 1. The first-order valence-corrected chi connectivity index (χ1v) is 11.6. The molecule has 0 saturated heterocycles. The topological polar surface area (TPSA) is 64.4 Å². The van der Waals surface area contributed by atoms with Gasteiger partial charge >= 0.3 is 0 Å². The summed E-state index contributed by atoms with van der Waals surface area (Å²) in [5.74, 6) is 1.67. The molecule has 4 rings (SSSR count). The molecule has 0 bridgehead atoms. The molecule has 0 aliphatic carbocycles. The van der Waals surface area contributed by atoms with E-state index < -0.39 is 0 Å². The van der Waals surface area contributed by atoms with E-state index in [4.69, 9.17) is 9.15 Å². The highest BCUT2D eigenvalue weighted by Gasteiger charge is 2.12. The van der Waals surface area contributed by atoms with E-state index in [0.29, 0.717) is 29.7 Å². The van der Waals surface area contributed by atoms with Crippen molar-refractivity contribution in [3.63, 3.8) is 0 Å². The summed E-state index contributed by atoms with van der Waals surface area (Å²) in [5.41, 5.74) is 5.06. The van der Waals surface area contributed by atoms with Crippen LogP contribution in [0.15, 0.2) is 71.1 Å². The number of carbonyl (C=O) groups is 1. The molecule has 1 heterocycles. The Labute approximate surface area is 194 Å². The zero-order chi connectivity index (χ0) is 23.2. The number of anilines is 1. The summed E-state index contributed by atoms with van der Waals surface area (Å²) in [6.07, 6.45) is 3.19. The number of oxazole rings is 1. The fourth-order valence-electron chi connectivity index (χ4n) is 3.55. The van der Waals surface area contributed by atoms with Gasteiger partial charge in [0.25, 0.3) is 5.91 Å². The molecule has 0 aliphatic heterocycles. The third kappa shape index (κ3) is 5.43. The summed E-state index contributed by atoms with van der Waals surface area (Å²) in [4.78, 5) is 17.3. The Balaban J connectivity index is 1.42. The predicted molar refractivity (Wildman–Crippen MR) is 133 cm³/mol. The second-order valence-electron chi connectivity index (χ2n) is 8.31. The molecule has 5 nitrogen and oxygen atoms in total. The lowest BCUT2D eigenvalue weighted by Crippen LogP contribution is -2.11. The first kappa shape index (κ1) is 22.6. The fourth-order valence-corrected chi connectivity index (χ4v) is 3.55. The van der Waals surface area contributed by atoms with E-state index in [1.54, 1.807) is 12.1 Å². The molecule has 0 unspecified atom stereocenters. The number of fused-ring (bicyclic) bond motifs is 1. The standard InChI is InChI=1S/C28H30N2O3/c1-4-6-17-32-24-14-9-20(10-15-24)27(31)29-23-12-7-21(8-13-23)28-30-25-18-22(19(3)5-2)11-16-26(25)33-28/h7-16,18-19H,4-6,17H2,1-3H3,(H,29,31)/t19-/m0/s1. The smallest absolute Gasteiger partial charge is 0.255 e. The molecule has 5 heteroatoms. The van der Waals surface area contributed by atoms with Crippen molar-refractivity contribution in [3.8, 4) is 17.2 Å². The molecular formula is C28H30N2O3. The van der Waals surface area contributed by atoms with E-state index in [0.717, 1.165) is 41.7 Å². The zero-order valence-corrected chi connectivity index (χ0v) is 19.4. The van der Waals surface area contributed by atoms with E-state index in [9.17, 15) is 4.79 Å². The van der Waals surface area contributed by atoms with Crippen molar-refractivity contribution < 1.29 is 13.9 Å². The average molecular weight is 443 g/mol. The number of benzene rings is 3. The monoisotopic (exact) mass is 442 g/mol. The van der Waals surface area contributed by atoms with Crippen LogP contribution < -0.4 is 10.1 Å². The van der Waals surface area contributed by atoms with Gasteiger partial charge in [-0.3, -0.25) is 4.79 Å². The highest BCUT2D eigenvalue weighted by Crippen LogP contribution is 2.28. The first-order chi connectivity index (χ1) is 16.1. The number of carbonyl (C=O) groups excluding carboxylic acids is 1. The molecule has 4 aromatic rings. The normalized spacial score (nSPS) is 12.0. The molecule has 0 radical (unpaired) electrons. The Kier molecular flexibility index (Phi) is 7.08. The number of rotatable bonds is 9. The number of hydrogen-bond acceptors (Lipinski definition) is 4. The van der Waals surface area contributed by atoms with Gasteiger partial charge in [-0.05, 0) is 85.0 Å². The van der Waals surface area contributed by atoms with Gasteiger partial charge in [0.1, 0.15) is 11.3 Å². The maximum absolute atomic E-state index is 12.6. The van der Waals surface area contributed by atoms with Gasteiger partial charge in [-0.2, -0.15) is 0 Å². The van der Waals surface area contributed by atoms with Crippen LogP contribution in [-0.2, 0) is 0 Å². The van der Waals surface area contributed by atoms with Gasteiger partial charge in [-0.15, -0.1) is 0 Å². The number of nitrogens with zero attached hydrogens (tertiary/aromatic N) is 1. The largest absolute Gasteiger partial charge is 0.494 e. The van der Waals surface area contributed by atoms with Crippen LogP contribution in [0.3, 0.4) is 0 Å². The Morgan fingerprint density at radius 2 is 1.79 bits per heavy atom. The van der Waals surface area contributed by atoms with E-state index in [1.165, 1.54) is 5.56 Å². The maximum atomic E-state index is 12.6. The van der Waals surface area contributed by atoms with Gasteiger partial charge in [0.05, 0.1) is 6.61 Å². The summed E-state index contributed by atoms with van der Waals surface area (Å²) in [6.45, 7) is 7.21. The third-order valence-electron chi connectivity index (χ3n) is 5.87. The summed E-state index contributed by atoms with van der Waals surface area (Å²) in [7, 11) is 0. The van der Waals surface area contributed by atoms with Crippen LogP contribution in [0.2, 0.25) is 0 Å². The Morgan fingerprint density at radius 3 is 2.48 bits per heavy atom. The van der Waals surface area contributed by atoms with Crippen molar-refractivity contribution >= 4 is 22.7 Å². The van der Waals surface area contributed by atoms with Crippen LogP contribution >= 0.6 is 0 Å². The molecule has 0 aliphatic rings. The van der Waals surface area contributed by atoms with Crippen molar-refractivity contribution in [2.75, 3.05) is 11.9 Å². The summed E-state index contributed by atoms with van der Waals surface area (Å²) in [6, 6.07) is 20.9. The number of aromatic nitrogens is 1. The van der Waals surface area contributed by atoms with Gasteiger partial charge in [-0.25, -0.2) is 4.98 Å². The minimum atomic E-state index is -0.165. The van der Waals surface area contributed by atoms with Crippen molar-refractivity contribution in [3.05, 3.63) is 77.9 Å². The lowest BCUT2D eigenvalue weighted by Gasteiger charge is -2.08. The summed E-state index contributed by atoms with van der Waals surface area (Å²) >= 11 is 0. The molecular weight excluding hydrogens is 412 g/mol. The van der Waals surface area contributed by atoms with Crippen LogP contribution in [-0.4, -0.2) is 17.5 Å². The van der Waals surface area contributed by atoms with Crippen LogP contribution in [0.4, 0.5) is 5.69 Å². The van der Waals surface area contributed by atoms with Crippen LogP contribution in [0.1, 0.15) is 61.9 Å².